The van der Waals surface area contributed by atoms with Crippen LogP contribution in [0.5, 0.6) is 5.75 Å². The topological polar surface area (TPSA) is 156 Å². The third-order valence-corrected chi connectivity index (χ3v) is 7.47. The number of carbonyl (C=O) groups is 2. The third kappa shape index (κ3) is 5.77. The first-order chi connectivity index (χ1) is 20.0. The summed E-state index contributed by atoms with van der Waals surface area (Å²) >= 11 is 0. The molecule has 0 aliphatic carbocycles. The Morgan fingerprint density at radius 3 is 2.80 bits per heavy atom. The molecule has 5 rings (SSSR count). The maximum Gasteiger partial charge on any atom is 0.328 e. The van der Waals surface area contributed by atoms with Crippen molar-refractivity contribution in [3.63, 3.8) is 0 Å². The zero-order valence-corrected chi connectivity index (χ0v) is 22.8. The summed E-state index contributed by atoms with van der Waals surface area (Å²) in [7, 11) is 3.11. The number of urea groups is 1. The normalized spacial score (nSPS) is 21.7. The van der Waals surface area contributed by atoms with E-state index in [9.17, 15) is 19.6 Å². The van der Waals surface area contributed by atoms with Crippen LogP contribution in [0.3, 0.4) is 0 Å². The molecule has 41 heavy (non-hydrogen) atoms. The number of likely N-dealkylation sites (tertiary alicyclic amines) is 1. The van der Waals surface area contributed by atoms with Crippen molar-refractivity contribution in [2.75, 3.05) is 50.7 Å². The van der Waals surface area contributed by atoms with Gasteiger partial charge in [0.05, 0.1) is 19.4 Å². The fraction of sp³-hybridized carbons (Fsp3) is 0.464. The summed E-state index contributed by atoms with van der Waals surface area (Å²) in [6.45, 7) is 1.97. The van der Waals surface area contributed by atoms with E-state index < -0.39 is 12.1 Å². The van der Waals surface area contributed by atoms with Gasteiger partial charge in [-0.25, -0.2) is 19.6 Å². The van der Waals surface area contributed by atoms with Crippen LogP contribution in [0.25, 0.3) is 0 Å². The summed E-state index contributed by atoms with van der Waals surface area (Å²) in [4.78, 5) is 49.0. The van der Waals surface area contributed by atoms with E-state index in [-0.39, 0.29) is 35.0 Å². The predicted molar refractivity (Wildman–Crippen MR) is 144 cm³/mol. The van der Waals surface area contributed by atoms with Gasteiger partial charge in [0.15, 0.2) is 12.4 Å². The number of nitrogens with one attached hydrogen (secondary N) is 1. The van der Waals surface area contributed by atoms with Gasteiger partial charge in [0.2, 0.25) is 0 Å². The Hall–Kier alpha value is -4.34. The highest BCUT2D eigenvalue weighted by atomic mass is 16.6. The number of hydrogen-bond acceptors (Lipinski definition) is 11. The molecule has 1 N–H and O–H groups in total. The number of aldehydes is 1. The molecule has 2 aromatic heterocycles. The molecule has 13 nitrogen and oxygen atoms in total. The summed E-state index contributed by atoms with van der Waals surface area (Å²) in [5, 5.41) is 12.3. The van der Waals surface area contributed by atoms with Gasteiger partial charge in [0.1, 0.15) is 58.6 Å². The molecule has 2 amide bonds. The maximum atomic E-state index is 13.4. The molecule has 0 radical (unpaired) electrons. The van der Waals surface area contributed by atoms with Crippen LogP contribution >= 0.6 is 0 Å². The minimum absolute atomic E-state index is 0.186. The van der Waals surface area contributed by atoms with Crippen LogP contribution in [-0.2, 0) is 32.0 Å². The SMILES string of the molecule is CO[C@H]1CCN(Cc2cc3c(nc2C=O)N(C(=O)Nc2cc(O[C@@H]4COC[C@H]4OC)c(C#N)cn2)CCC3)C1=C=O. The highest BCUT2D eigenvalue weighted by Crippen LogP contribution is 2.31. The number of aryl methyl sites for hydroxylation is 1. The van der Waals surface area contributed by atoms with Crippen molar-refractivity contribution in [2.45, 2.75) is 44.1 Å². The van der Waals surface area contributed by atoms with Crippen molar-refractivity contribution in [2.24, 2.45) is 0 Å². The Balaban J connectivity index is 1.35. The van der Waals surface area contributed by atoms with Crippen LogP contribution < -0.4 is 15.0 Å². The van der Waals surface area contributed by atoms with Gasteiger partial charge < -0.3 is 23.8 Å². The Bertz CT molecular complexity index is 1420. The third-order valence-electron chi connectivity index (χ3n) is 7.47. The van der Waals surface area contributed by atoms with E-state index in [4.69, 9.17) is 18.9 Å². The molecule has 5 heterocycles. The molecule has 3 aliphatic heterocycles. The highest BCUT2D eigenvalue weighted by molar-refractivity contribution is 6.01. The minimum atomic E-state index is -0.487. The maximum absolute atomic E-state index is 13.4. The largest absolute Gasteiger partial charge is 0.484 e. The van der Waals surface area contributed by atoms with Crippen molar-refractivity contribution < 1.29 is 33.3 Å². The number of aromatic nitrogens is 2. The molecular formula is C28H30N6O7. The van der Waals surface area contributed by atoms with E-state index in [1.165, 1.54) is 17.2 Å². The van der Waals surface area contributed by atoms with Gasteiger partial charge in [-0.2, -0.15) is 5.26 Å². The first-order valence-electron chi connectivity index (χ1n) is 13.3. The number of ether oxygens (including phenoxy) is 4. The highest BCUT2D eigenvalue weighted by Gasteiger charge is 2.33. The van der Waals surface area contributed by atoms with Crippen LogP contribution in [0.2, 0.25) is 0 Å². The lowest BCUT2D eigenvalue weighted by molar-refractivity contribution is 0.0325. The van der Waals surface area contributed by atoms with Gasteiger partial charge in [-0.1, -0.05) is 0 Å². The first-order valence-corrected chi connectivity index (χ1v) is 13.3. The smallest absolute Gasteiger partial charge is 0.328 e. The monoisotopic (exact) mass is 562 g/mol. The number of amides is 2. The van der Waals surface area contributed by atoms with Crippen molar-refractivity contribution in [1.82, 2.24) is 14.9 Å². The van der Waals surface area contributed by atoms with E-state index in [0.29, 0.717) is 75.5 Å². The molecule has 0 saturated carbocycles. The fourth-order valence-electron chi connectivity index (χ4n) is 5.32. The molecule has 2 saturated heterocycles. The van der Waals surface area contributed by atoms with Crippen molar-refractivity contribution in [3.8, 4) is 11.8 Å². The predicted octanol–water partition coefficient (Wildman–Crippen LogP) is 1.87. The van der Waals surface area contributed by atoms with Gasteiger partial charge >= 0.3 is 6.03 Å². The average Bonchev–Trinajstić information content (AvgIpc) is 3.62. The number of anilines is 2. The van der Waals surface area contributed by atoms with Crippen LogP contribution in [0.15, 0.2) is 24.0 Å². The number of carbonyl (C=O) groups excluding carboxylic acids is 3. The quantitative estimate of drug-likeness (QED) is 0.370. The molecule has 0 unspecified atom stereocenters. The summed E-state index contributed by atoms with van der Waals surface area (Å²) < 4.78 is 22.1. The van der Waals surface area contributed by atoms with Gasteiger partial charge in [-0.15, -0.1) is 0 Å². The van der Waals surface area contributed by atoms with E-state index in [0.717, 1.165) is 5.56 Å². The Morgan fingerprint density at radius 1 is 1.24 bits per heavy atom. The fourth-order valence-corrected chi connectivity index (χ4v) is 5.32. The Labute approximate surface area is 236 Å². The van der Waals surface area contributed by atoms with Crippen molar-refractivity contribution >= 4 is 29.9 Å². The van der Waals surface area contributed by atoms with Gasteiger partial charge in [-0.3, -0.25) is 15.0 Å². The number of hydrogen-bond donors (Lipinski definition) is 1. The van der Waals surface area contributed by atoms with Crippen molar-refractivity contribution in [3.05, 3.63) is 46.4 Å². The van der Waals surface area contributed by atoms with Gasteiger partial charge in [-0.05, 0) is 30.9 Å². The van der Waals surface area contributed by atoms with E-state index in [1.54, 1.807) is 14.2 Å². The molecule has 3 atom stereocenters. The number of fused-ring (bicyclic) bond motifs is 1. The summed E-state index contributed by atoms with van der Waals surface area (Å²) in [5.41, 5.74) is 2.29. The second kappa shape index (κ2) is 12.4. The number of pyridine rings is 2. The lowest BCUT2D eigenvalue weighted by atomic mass is 10.0. The Kier molecular flexibility index (Phi) is 8.56. The lowest BCUT2D eigenvalue weighted by Gasteiger charge is -2.29. The second-order valence-electron chi connectivity index (χ2n) is 9.89. The standard InChI is InChI=1S/C28H30N6O7/c1-38-22-5-7-33(21(22)14-36)12-18-8-17-4-3-6-34(27(17)31-20(18)13-35)28(37)32-26-9-23(19(10-29)11-30-26)41-25-16-40-15-24(25)39-2/h8-9,11,13,22,24-25H,3-7,12,15-16H2,1-2H3,(H,30,32,37)/t22-,24+,25+/m0/s1. The number of nitriles is 1. The van der Waals surface area contributed by atoms with Crippen LogP contribution in [-0.4, -0.2) is 92.0 Å². The molecule has 2 fully saturated rings. The van der Waals surface area contributed by atoms with Crippen molar-refractivity contribution in [1.29, 1.82) is 5.26 Å². The van der Waals surface area contributed by atoms with Crippen LogP contribution in [0.1, 0.15) is 40.0 Å². The summed E-state index contributed by atoms with van der Waals surface area (Å²) in [5.74, 6) is 2.79. The molecule has 0 aromatic carbocycles. The van der Waals surface area contributed by atoms with E-state index in [1.807, 2.05) is 23.0 Å². The summed E-state index contributed by atoms with van der Waals surface area (Å²) in [6.07, 6.45) is 2.97. The van der Waals surface area contributed by atoms with E-state index >= 15 is 0 Å². The zero-order valence-electron chi connectivity index (χ0n) is 22.8. The molecule has 214 valence electrons. The molecule has 3 aliphatic rings. The molecule has 13 heteroatoms. The number of nitrogens with zero attached hydrogens (tertiary/aromatic N) is 5. The van der Waals surface area contributed by atoms with Gasteiger partial charge in [0, 0.05) is 45.5 Å². The Morgan fingerprint density at radius 2 is 2.07 bits per heavy atom. The molecule has 0 bridgehead atoms. The lowest BCUT2D eigenvalue weighted by Crippen LogP contribution is -2.40. The zero-order chi connectivity index (χ0) is 28.9. The second-order valence-corrected chi connectivity index (χ2v) is 9.89. The van der Waals surface area contributed by atoms with Crippen LogP contribution in [0.4, 0.5) is 16.4 Å². The molecular weight excluding hydrogens is 532 g/mol. The number of rotatable bonds is 8. The minimum Gasteiger partial charge on any atom is -0.484 e. The number of methoxy groups -OCH3 is 2. The molecule has 0 spiro atoms. The molecule has 2 aromatic rings. The summed E-state index contributed by atoms with van der Waals surface area (Å²) in [6, 6.07) is 4.92. The van der Waals surface area contributed by atoms with Gasteiger partial charge in [0.25, 0.3) is 0 Å². The first kappa shape index (κ1) is 28.2. The van der Waals surface area contributed by atoms with Crippen LogP contribution in [0, 0.1) is 11.3 Å². The average molecular weight is 563 g/mol. The van der Waals surface area contributed by atoms with E-state index in [2.05, 4.69) is 15.3 Å².